The van der Waals surface area contributed by atoms with Gasteiger partial charge < -0.3 is 0 Å². The molecule has 8 nitrogen and oxygen atoms in total. The summed E-state index contributed by atoms with van der Waals surface area (Å²) in [7, 11) is 0. The van der Waals surface area contributed by atoms with Crippen LogP contribution in [0.25, 0.3) is 11.0 Å². The SMILES string of the molecule is Cc1cc2nc3c(nc2cc1C)C[C@H]1C(=O)N(c2ccccc2)C(=O)[C@H]1[C@@H]1C(=O)N(c2ccccc2)C(=O)[C@@H]1C3. The zero-order valence-electron chi connectivity index (χ0n) is 22.1. The molecule has 4 amide bonds. The molecule has 8 heteroatoms. The summed E-state index contributed by atoms with van der Waals surface area (Å²) in [5.41, 5.74) is 5.64. The Balaban J connectivity index is 1.42. The van der Waals surface area contributed by atoms with Crippen LogP contribution in [0, 0.1) is 37.5 Å². The molecule has 0 saturated carbocycles. The summed E-state index contributed by atoms with van der Waals surface area (Å²) < 4.78 is 0. The fourth-order valence-corrected chi connectivity index (χ4v) is 6.53. The predicted molar refractivity (Wildman–Crippen MR) is 148 cm³/mol. The normalized spacial score (nSPS) is 24.1. The van der Waals surface area contributed by atoms with Gasteiger partial charge in [0.05, 0.1) is 57.5 Å². The number of aryl methyl sites for hydroxylation is 2. The van der Waals surface area contributed by atoms with Gasteiger partial charge in [0.15, 0.2) is 0 Å². The average molecular weight is 531 g/mol. The number of imide groups is 2. The number of para-hydroxylation sites is 2. The van der Waals surface area contributed by atoms with Gasteiger partial charge in [0.25, 0.3) is 0 Å². The summed E-state index contributed by atoms with van der Waals surface area (Å²) in [6.45, 7) is 4.01. The van der Waals surface area contributed by atoms with Crippen LogP contribution in [0.15, 0.2) is 72.8 Å². The third kappa shape index (κ3) is 3.52. The lowest BCUT2D eigenvalue weighted by molar-refractivity contribution is -0.131. The van der Waals surface area contributed by atoms with Gasteiger partial charge in [0.2, 0.25) is 23.6 Å². The van der Waals surface area contributed by atoms with Gasteiger partial charge in [-0.2, -0.15) is 0 Å². The Labute approximate surface area is 230 Å². The van der Waals surface area contributed by atoms with E-state index >= 15 is 0 Å². The largest absolute Gasteiger partial charge is 0.274 e. The van der Waals surface area contributed by atoms with Crippen molar-refractivity contribution in [1.82, 2.24) is 9.97 Å². The van der Waals surface area contributed by atoms with E-state index in [1.807, 2.05) is 38.1 Å². The van der Waals surface area contributed by atoms with Crippen molar-refractivity contribution in [3.63, 3.8) is 0 Å². The van der Waals surface area contributed by atoms with Gasteiger partial charge >= 0.3 is 0 Å². The quantitative estimate of drug-likeness (QED) is 0.364. The number of carbonyl (C=O) groups is 4. The minimum absolute atomic E-state index is 0.166. The summed E-state index contributed by atoms with van der Waals surface area (Å²) >= 11 is 0. The van der Waals surface area contributed by atoms with Crippen molar-refractivity contribution >= 4 is 46.0 Å². The molecule has 4 aromatic rings. The van der Waals surface area contributed by atoms with Crippen molar-refractivity contribution in [1.29, 1.82) is 0 Å². The minimum atomic E-state index is -0.978. The second kappa shape index (κ2) is 8.91. The van der Waals surface area contributed by atoms with E-state index in [-0.39, 0.29) is 24.7 Å². The number of hydrogen-bond donors (Lipinski definition) is 0. The number of hydrogen-bond acceptors (Lipinski definition) is 6. The van der Waals surface area contributed by atoms with E-state index in [1.165, 1.54) is 9.80 Å². The van der Waals surface area contributed by atoms with Gasteiger partial charge in [0, 0.05) is 12.8 Å². The van der Waals surface area contributed by atoms with E-state index in [9.17, 15) is 19.2 Å². The van der Waals surface area contributed by atoms with Crippen LogP contribution < -0.4 is 9.80 Å². The molecule has 198 valence electrons. The number of nitrogens with zero attached hydrogens (tertiary/aromatic N) is 4. The molecule has 0 radical (unpaired) electrons. The zero-order chi connectivity index (χ0) is 27.7. The molecule has 3 aromatic carbocycles. The monoisotopic (exact) mass is 530 g/mol. The van der Waals surface area contributed by atoms with Gasteiger partial charge in [-0.05, 0) is 61.4 Å². The minimum Gasteiger partial charge on any atom is -0.274 e. The molecule has 2 fully saturated rings. The number of aromatic nitrogens is 2. The van der Waals surface area contributed by atoms with E-state index in [4.69, 9.17) is 9.97 Å². The second-order valence-electron chi connectivity index (χ2n) is 10.9. The van der Waals surface area contributed by atoms with Crippen LogP contribution in [0.4, 0.5) is 11.4 Å². The van der Waals surface area contributed by atoms with Crippen molar-refractivity contribution in [3.05, 3.63) is 95.3 Å². The number of amides is 4. The Hall–Kier alpha value is -4.72. The maximum Gasteiger partial charge on any atom is 0.238 e. The number of rotatable bonds is 2. The molecule has 40 heavy (non-hydrogen) atoms. The zero-order valence-corrected chi connectivity index (χ0v) is 22.1. The molecule has 4 atom stereocenters. The van der Waals surface area contributed by atoms with Gasteiger partial charge in [-0.15, -0.1) is 0 Å². The highest BCUT2D eigenvalue weighted by molar-refractivity contribution is 6.27. The van der Waals surface area contributed by atoms with Gasteiger partial charge in [-0.3, -0.25) is 29.0 Å². The number of benzene rings is 3. The summed E-state index contributed by atoms with van der Waals surface area (Å²) in [5, 5.41) is 0. The third-order valence-corrected chi connectivity index (χ3v) is 8.63. The molecular formula is C32H26N4O4. The molecule has 0 spiro atoms. The third-order valence-electron chi connectivity index (χ3n) is 8.63. The van der Waals surface area contributed by atoms with Crippen LogP contribution in [0.1, 0.15) is 22.5 Å². The smallest absolute Gasteiger partial charge is 0.238 e. The highest BCUT2D eigenvalue weighted by atomic mass is 16.2. The topological polar surface area (TPSA) is 101 Å². The van der Waals surface area contributed by atoms with Crippen molar-refractivity contribution in [2.45, 2.75) is 26.7 Å². The van der Waals surface area contributed by atoms with Crippen LogP contribution in [-0.2, 0) is 32.0 Å². The fraction of sp³-hybridized carbons (Fsp3) is 0.250. The van der Waals surface area contributed by atoms with Crippen LogP contribution in [0.5, 0.6) is 0 Å². The average Bonchev–Trinajstić information content (AvgIpc) is 3.31. The van der Waals surface area contributed by atoms with E-state index in [0.717, 1.165) is 11.1 Å². The summed E-state index contributed by atoms with van der Waals surface area (Å²) in [6.07, 6.45) is 0.333. The molecule has 7 rings (SSSR count). The standard InChI is InChI=1S/C32H26N4O4/c1-17-13-23-24(14-18(17)2)34-26-16-22-28(32(40)36(30(22)38)20-11-7-4-8-12-20)27-21(15-25(26)33-23)29(37)35(31(27)39)19-9-5-3-6-10-19/h3-14,21-22,27-28H,15-16H2,1-2H3/t21-,22-,27-,28-/m1/s1. The Bertz CT molecular complexity index is 1610. The highest BCUT2D eigenvalue weighted by Gasteiger charge is 2.61. The van der Waals surface area contributed by atoms with E-state index in [0.29, 0.717) is 33.8 Å². The molecule has 3 aliphatic rings. The first-order valence-electron chi connectivity index (χ1n) is 13.5. The lowest BCUT2D eigenvalue weighted by Gasteiger charge is -2.27. The Morgan fingerprint density at radius 2 is 0.950 bits per heavy atom. The predicted octanol–water partition coefficient (Wildman–Crippen LogP) is 3.96. The Morgan fingerprint density at radius 3 is 1.32 bits per heavy atom. The van der Waals surface area contributed by atoms with Crippen LogP contribution in [-0.4, -0.2) is 33.6 Å². The lowest BCUT2D eigenvalue weighted by Crippen LogP contribution is -2.39. The van der Waals surface area contributed by atoms with Crippen LogP contribution >= 0.6 is 0 Å². The molecule has 2 saturated heterocycles. The van der Waals surface area contributed by atoms with Crippen molar-refractivity contribution in [3.8, 4) is 0 Å². The second-order valence-corrected chi connectivity index (χ2v) is 10.9. The van der Waals surface area contributed by atoms with E-state index in [1.54, 1.807) is 48.5 Å². The van der Waals surface area contributed by atoms with Crippen LogP contribution in [0.2, 0.25) is 0 Å². The van der Waals surface area contributed by atoms with Gasteiger partial charge in [-0.1, -0.05) is 36.4 Å². The summed E-state index contributed by atoms with van der Waals surface area (Å²) in [5.74, 6) is -5.30. The van der Waals surface area contributed by atoms with Gasteiger partial charge in [-0.25, -0.2) is 9.97 Å². The molecule has 0 N–H and O–H groups in total. The molecule has 1 aromatic heterocycles. The van der Waals surface area contributed by atoms with Crippen molar-refractivity contribution < 1.29 is 19.2 Å². The number of fused-ring (bicyclic) bond motifs is 5. The highest BCUT2D eigenvalue weighted by Crippen LogP contribution is 2.47. The molecule has 3 heterocycles. The molecule has 0 unspecified atom stereocenters. The first-order chi connectivity index (χ1) is 19.3. The van der Waals surface area contributed by atoms with E-state index in [2.05, 4.69) is 0 Å². The van der Waals surface area contributed by atoms with Crippen molar-refractivity contribution in [2.75, 3.05) is 9.80 Å². The molecule has 0 bridgehead atoms. The van der Waals surface area contributed by atoms with Crippen LogP contribution in [0.3, 0.4) is 0 Å². The summed E-state index contributed by atoms with van der Waals surface area (Å²) in [6, 6.07) is 21.4. The maximum absolute atomic E-state index is 14.0. The maximum atomic E-state index is 14.0. The molecular weight excluding hydrogens is 504 g/mol. The Morgan fingerprint density at radius 1 is 0.575 bits per heavy atom. The van der Waals surface area contributed by atoms with E-state index < -0.39 is 35.5 Å². The lowest BCUT2D eigenvalue weighted by atomic mass is 9.72. The number of carbonyl (C=O) groups excluding carboxylic acids is 4. The van der Waals surface area contributed by atoms with Crippen molar-refractivity contribution in [2.24, 2.45) is 23.7 Å². The van der Waals surface area contributed by atoms with Gasteiger partial charge in [0.1, 0.15) is 0 Å². The fourth-order valence-electron chi connectivity index (χ4n) is 6.53. The first-order valence-corrected chi connectivity index (χ1v) is 13.5. The first kappa shape index (κ1) is 24.3. The summed E-state index contributed by atoms with van der Waals surface area (Å²) in [4.78, 5) is 68.2. The molecule has 2 aliphatic heterocycles. The molecule has 1 aliphatic carbocycles. The Kier molecular flexibility index (Phi) is 5.42. The number of anilines is 2.